The number of nitrogens with zero attached hydrogens (tertiary/aromatic N) is 1. The van der Waals surface area contributed by atoms with Crippen LogP contribution in [-0.4, -0.2) is 22.1 Å². The Bertz CT molecular complexity index is 660. The zero-order valence-electron chi connectivity index (χ0n) is 10.7. The molecule has 0 atom stereocenters. The van der Waals surface area contributed by atoms with Crippen LogP contribution in [0.4, 0.5) is 5.82 Å². The van der Waals surface area contributed by atoms with Gasteiger partial charge in [-0.2, -0.15) is 0 Å². The third-order valence-corrected chi connectivity index (χ3v) is 2.46. The Labute approximate surface area is 114 Å². The number of aromatic nitrogens is 1. The van der Waals surface area contributed by atoms with Gasteiger partial charge in [0.15, 0.2) is 5.82 Å². The molecule has 0 aliphatic heterocycles. The average molecular weight is 272 g/mol. The fourth-order valence-electron chi connectivity index (χ4n) is 1.67. The van der Waals surface area contributed by atoms with Crippen molar-refractivity contribution >= 4 is 23.8 Å². The van der Waals surface area contributed by atoms with Crippen molar-refractivity contribution in [3.05, 3.63) is 53.3 Å². The van der Waals surface area contributed by atoms with Gasteiger partial charge in [0, 0.05) is 17.7 Å². The maximum Gasteiger partial charge on any atom is 0.328 e. The average Bonchev–Trinajstić information content (AvgIpc) is 2.88. The first-order valence-electron chi connectivity index (χ1n) is 5.79. The van der Waals surface area contributed by atoms with Crippen molar-refractivity contribution in [1.29, 1.82) is 0 Å². The van der Waals surface area contributed by atoms with Crippen LogP contribution >= 0.6 is 0 Å². The molecule has 0 aliphatic carbocycles. The van der Waals surface area contributed by atoms with Gasteiger partial charge in [0.1, 0.15) is 6.26 Å². The first kappa shape index (κ1) is 13.5. The summed E-state index contributed by atoms with van der Waals surface area (Å²) in [6.45, 7) is 1.82. The van der Waals surface area contributed by atoms with Crippen LogP contribution in [0.2, 0.25) is 0 Å². The minimum atomic E-state index is -1.04. The largest absolute Gasteiger partial charge is 0.478 e. The molecule has 0 fully saturated rings. The molecule has 0 saturated carbocycles. The summed E-state index contributed by atoms with van der Waals surface area (Å²) in [4.78, 5) is 22.5. The Hall–Kier alpha value is -2.89. The van der Waals surface area contributed by atoms with Crippen LogP contribution in [0.5, 0.6) is 0 Å². The summed E-state index contributed by atoms with van der Waals surface area (Å²) in [6, 6.07) is 6.61. The Morgan fingerprint density at radius 1 is 1.35 bits per heavy atom. The molecule has 1 aromatic carbocycles. The molecule has 20 heavy (non-hydrogen) atoms. The number of nitrogens with one attached hydrogen (secondary N) is 1. The Kier molecular flexibility index (Phi) is 3.95. The van der Waals surface area contributed by atoms with E-state index in [-0.39, 0.29) is 5.91 Å². The van der Waals surface area contributed by atoms with Crippen molar-refractivity contribution in [1.82, 2.24) is 5.16 Å². The zero-order valence-corrected chi connectivity index (χ0v) is 10.7. The predicted molar refractivity (Wildman–Crippen MR) is 72.3 cm³/mol. The zero-order chi connectivity index (χ0) is 14.5. The highest BCUT2D eigenvalue weighted by molar-refractivity contribution is 6.04. The third-order valence-electron chi connectivity index (χ3n) is 2.46. The van der Waals surface area contributed by atoms with Gasteiger partial charge in [-0.15, -0.1) is 0 Å². The number of rotatable bonds is 4. The molecule has 0 radical (unpaired) electrons. The molecule has 1 heterocycles. The van der Waals surface area contributed by atoms with E-state index in [9.17, 15) is 9.59 Å². The van der Waals surface area contributed by atoms with E-state index in [1.165, 1.54) is 18.4 Å². The highest BCUT2D eigenvalue weighted by Crippen LogP contribution is 2.13. The topological polar surface area (TPSA) is 92.4 Å². The normalized spacial score (nSPS) is 10.7. The summed E-state index contributed by atoms with van der Waals surface area (Å²) in [7, 11) is 0. The fourth-order valence-corrected chi connectivity index (χ4v) is 1.67. The van der Waals surface area contributed by atoms with Crippen LogP contribution < -0.4 is 5.32 Å². The number of aryl methyl sites for hydroxylation is 1. The molecule has 0 aliphatic rings. The summed E-state index contributed by atoms with van der Waals surface area (Å²) < 4.78 is 4.62. The van der Waals surface area contributed by atoms with Crippen LogP contribution in [0.25, 0.3) is 6.08 Å². The van der Waals surface area contributed by atoms with Gasteiger partial charge in [-0.3, -0.25) is 4.79 Å². The number of benzene rings is 1. The van der Waals surface area contributed by atoms with Crippen LogP contribution in [0.1, 0.15) is 21.5 Å². The van der Waals surface area contributed by atoms with E-state index in [1.807, 2.05) is 6.92 Å². The first-order valence-corrected chi connectivity index (χ1v) is 5.79. The lowest BCUT2D eigenvalue weighted by Crippen LogP contribution is -2.12. The number of amides is 1. The maximum absolute atomic E-state index is 12.0. The minimum Gasteiger partial charge on any atom is -0.478 e. The van der Waals surface area contributed by atoms with Gasteiger partial charge in [0.05, 0.1) is 0 Å². The van der Waals surface area contributed by atoms with Crippen molar-refractivity contribution < 1.29 is 19.2 Å². The lowest BCUT2D eigenvalue weighted by molar-refractivity contribution is -0.131. The van der Waals surface area contributed by atoms with Crippen LogP contribution in [0, 0.1) is 6.92 Å². The van der Waals surface area contributed by atoms with Gasteiger partial charge in [0.25, 0.3) is 5.91 Å². The van der Waals surface area contributed by atoms with Crippen LogP contribution in [0.15, 0.2) is 41.1 Å². The second-order valence-electron chi connectivity index (χ2n) is 4.14. The maximum atomic E-state index is 12.0. The Morgan fingerprint density at radius 2 is 2.15 bits per heavy atom. The highest BCUT2D eigenvalue weighted by Gasteiger charge is 2.09. The molecule has 0 unspecified atom stereocenters. The van der Waals surface area contributed by atoms with E-state index in [0.29, 0.717) is 16.9 Å². The number of hydrogen-bond acceptors (Lipinski definition) is 4. The van der Waals surface area contributed by atoms with Crippen molar-refractivity contribution in [2.75, 3.05) is 5.32 Å². The van der Waals surface area contributed by atoms with Crippen LogP contribution in [-0.2, 0) is 4.79 Å². The van der Waals surface area contributed by atoms with Gasteiger partial charge in [0.2, 0.25) is 0 Å². The SMILES string of the molecule is Cc1cc(/C=C/C(=O)O)cc(C(=O)Nc2ccon2)c1. The van der Waals surface area contributed by atoms with E-state index in [4.69, 9.17) is 5.11 Å². The fraction of sp³-hybridized carbons (Fsp3) is 0.0714. The molecule has 2 aromatic rings. The van der Waals surface area contributed by atoms with Gasteiger partial charge in [-0.1, -0.05) is 11.2 Å². The second-order valence-corrected chi connectivity index (χ2v) is 4.14. The Balaban J connectivity index is 2.23. The lowest BCUT2D eigenvalue weighted by Gasteiger charge is -2.04. The van der Waals surface area contributed by atoms with Crippen molar-refractivity contribution in [2.45, 2.75) is 6.92 Å². The van der Waals surface area contributed by atoms with Crippen LogP contribution in [0.3, 0.4) is 0 Å². The molecule has 2 rings (SSSR count). The number of carboxylic acids is 1. The molecule has 6 nitrogen and oxygen atoms in total. The lowest BCUT2D eigenvalue weighted by atomic mass is 10.1. The number of aliphatic carboxylic acids is 1. The number of hydrogen-bond donors (Lipinski definition) is 2. The molecule has 1 amide bonds. The summed E-state index contributed by atoms with van der Waals surface area (Å²) >= 11 is 0. The molecule has 1 aromatic heterocycles. The minimum absolute atomic E-state index is 0.319. The van der Waals surface area contributed by atoms with Gasteiger partial charge < -0.3 is 14.9 Å². The van der Waals surface area contributed by atoms with Crippen molar-refractivity contribution in [2.24, 2.45) is 0 Å². The van der Waals surface area contributed by atoms with Crippen molar-refractivity contribution in [3.63, 3.8) is 0 Å². The highest BCUT2D eigenvalue weighted by atomic mass is 16.5. The van der Waals surface area contributed by atoms with E-state index >= 15 is 0 Å². The monoisotopic (exact) mass is 272 g/mol. The number of anilines is 1. The van der Waals surface area contributed by atoms with E-state index in [0.717, 1.165) is 11.6 Å². The standard InChI is InChI=1S/C14H12N2O4/c1-9-6-10(2-3-13(17)18)8-11(7-9)14(19)15-12-4-5-20-16-12/h2-8H,1H3,(H,17,18)(H,15,16,19)/b3-2+. The molecule has 102 valence electrons. The third kappa shape index (κ3) is 3.55. The number of carbonyl (C=O) groups excluding carboxylic acids is 1. The predicted octanol–water partition coefficient (Wildman–Crippen LogP) is 2.33. The van der Waals surface area contributed by atoms with E-state index in [2.05, 4.69) is 15.0 Å². The molecule has 6 heteroatoms. The molecule has 0 saturated heterocycles. The van der Waals surface area contributed by atoms with E-state index in [1.54, 1.807) is 18.2 Å². The molecule has 0 spiro atoms. The van der Waals surface area contributed by atoms with Gasteiger partial charge in [-0.25, -0.2) is 4.79 Å². The molecule has 0 bridgehead atoms. The quantitative estimate of drug-likeness (QED) is 0.833. The summed E-state index contributed by atoms with van der Waals surface area (Å²) in [5, 5.41) is 14.8. The number of carboxylic acid groups (broad SMARTS) is 1. The second kappa shape index (κ2) is 5.83. The van der Waals surface area contributed by atoms with E-state index < -0.39 is 5.97 Å². The first-order chi connectivity index (χ1) is 9.54. The van der Waals surface area contributed by atoms with Gasteiger partial charge in [-0.05, 0) is 36.3 Å². The smallest absolute Gasteiger partial charge is 0.328 e. The van der Waals surface area contributed by atoms with Gasteiger partial charge >= 0.3 is 5.97 Å². The van der Waals surface area contributed by atoms with Crippen molar-refractivity contribution in [3.8, 4) is 0 Å². The molecular weight excluding hydrogens is 260 g/mol. The summed E-state index contributed by atoms with van der Waals surface area (Å²) in [5.74, 6) is -1.06. The molecular formula is C14H12N2O4. The molecule has 2 N–H and O–H groups in total. The summed E-state index contributed by atoms with van der Waals surface area (Å²) in [5.41, 5.74) is 1.90. The summed E-state index contributed by atoms with van der Waals surface area (Å²) in [6.07, 6.45) is 3.81. The number of carbonyl (C=O) groups is 2. The Morgan fingerprint density at radius 3 is 2.80 bits per heavy atom.